The van der Waals surface area contributed by atoms with Gasteiger partial charge in [-0.15, -0.1) is 11.3 Å². The molecule has 0 aliphatic carbocycles. The Labute approximate surface area is 106 Å². The zero-order valence-corrected chi connectivity index (χ0v) is 10.1. The number of ether oxygens (including phenoxy) is 1. The van der Waals surface area contributed by atoms with Gasteiger partial charge in [-0.1, -0.05) is 0 Å². The van der Waals surface area contributed by atoms with E-state index in [0.29, 0.717) is 10.7 Å². The third kappa shape index (κ3) is 2.40. The fraction of sp³-hybridized carbons (Fsp3) is 0.0909. The molecule has 0 aliphatic heterocycles. The minimum atomic E-state index is -1.13. The molecule has 0 spiro atoms. The molecule has 2 N–H and O–H groups in total. The largest absolute Gasteiger partial charge is 0.494 e. The zero-order chi connectivity index (χ0) is 13.1. The first-order valence-corrected chi connectivity index (χ1v) is 5.77. The highest BCUT2D eigenvalue weighted by Gasteiger charge is 2.14. The summed E-state index contributed by atoms with van der Waals surface area (Å²) in [6.07, 6.45) is 0. The summed E-state index contributed by atoms with van der Waals surface area (Å²) in [4.78, 5) is 14.6. The van der Waals surface area contributed by atoms with Crippen LogP contribution < -0.4 is 10.1 Å². The van der Waals surface area contributed by atoms with Gasteiger partial charge in [0.2, 0.25) is 0 Å². The Morgan fingerprint density at radius 2 is 2.33 bits per heavy atom. The number of hydrogen-bond donors (Lipinski definition) is 2. The number of benzene rings is 1. The number of nitrogens with zero attached hydrogens (tertiary/aromatic N) is 1. The molecule has 2 rings (SSSR count). The maximum Gasteiger partial charge on any atom is 0.357 e. The van der Waals surface area contributed by atoms with Gasteiger partial charge in [-0.3, -0.25) is 0 Å². The summed E-state index contributed by atoms with van der Waals surface area (Å²) in [5.41, 5.74) is 1.75. The van der Waals surface area contributed by atoms with E-state index in [9.17, 15) is 9.18 Å². The van der Waals surface area contributed by atoms with E-state index < -0.39 is 11.8 Å². The molecular formula is C11H9FN2O3S. The Morgan fingerprint density at radius 3 is 2.94 bits per heavy atom. The van der Waals surface area contributed by atoms with Gasteiger partial charge in [-0.25, -0.2) is 14.2 Å². The zero-order valence-electron chi connectivity index (χ0n) is 9.31. The highest BCUT2D eigenvalue weighted by molar-refractivity contribution is 7.14. The van der Waals surface area contributed by atoms with Gasteiger partial charge in [0, 0.05) is 11.8 Å². The molecule has 0 fully saturated rings. The van der Waals surface area contributed by atoms with Gasteiger partial charge in [-0.2, -0.15) is 0 Å². The molecule has 5 nitrogen and oxygen atoms in total. The van der Waals surface area contributed by atoms with Gasteiger partial charge in [0.1, 0.15) is 5.00 Å². The van der Waals surface area contributed by atoms with E-state index >= 15 is 0 Å². The maximum atomic E-state index is 13.4. The van der Waals surface area contributed by atoms with E-state index in [1.54, 1.807) is 6.07 Å². The van der Waals surface area contributed by atoms with Crippen LogP contribution in [-0.2, 0) is 0 Å². The SMILES string of the molecule is COc1ccc(Nc2scnc2C(=O)O)cc1F. The second-order valence-electron chi connectivity index (χ2n) is 3.31. The molecule has 0 saturated heterocycles. The Bertz CT molecular complexity index is 585. The van der Waals surface area contributed by atoms with Crippen molar-refractivity contribution in [2.45, 2.75) is 0 Å². The van der Waals surface area contributed by atoms with Crippen molar-refractivity contribution < 1.29 is 19.0 Å². The molecule has 0 radical (unpaired) electrons. The molecule has 7 heteroatoms. The number of methoxy groups -OCH3 is 1. The normalized spacial score (nSPS) is 10.1. The molecule has 18 heavy (non-hydrogen) atoms. The predicted octanol–water partition coefficient (Wildman–Crippen LogP) is 2.73. The maximum absolute atomic E-state index is 13.4. The lowest BCUT2D eigenvalue weighted by molar-refractivity contribution is 0.0692. The first-order valence-electron chi connectivity index (χ1n) is 4.89. The van der Waals surface area contributed by atoms with Gasteiger partial charge in [0.25, 0.3) is 0 Å². The van der Waals surface area contributed by atoms with Crippen molar-refractivity contribution in [3.63, 3.8) is 0 Å². The van der Waals surface area contributed by atoms with Crippen LogP contribution in [0.25, 0.3) is 0 Å². The summed E-state index contributed by atoms with van der Waals surface area (Å²) < 4.78 is 18.2. The molecule has 0 atom stereocenters. The first-order chi connectivity index (χ1) is 8.61. The molecular weight excluding hydrogens is 259 g/mol. The highest BCUT2D eigenvalue weighted by atomic mass is 32.1. The molecule has 1 heterocycles. The van der Waals surface area contributed by atoms with Gasteiger partial charge >= 0.3 is 5.97 Å². The van der Waals surface area contributed by atoms with Gasteiger partial charge in [-0.05, 0) is 12.1 Å². The van der Waals surface area contributed by atoms with Crippen molar-refractivity contribution in [3.05, 3.63) is 35.2 Å². The number of halogens is 1. The van der Waals surface area contributed by atoms with Crippen LogP contribution in [0.2, 0.25) is 0 Å². The minimum absolute atomic E-state index is 0.0868. The lowest BCUT2D eigenvalue weighted by Gasteiger charge is -2.06. The quantitative estimate of drug-likeness (QED) is 0.892. The van der Waals surface area contributed by atoms with Crippen LogP contribution in [0, 0.1) is 5.82 Å². The van der Waals surface area contributed by atoms with Crippen molar-refractivity contribution in [3.8, 4) is 5.75 Å². The number of rotatable bonds is 4. The predicted molar refractivity (Wildman–Crippen MR) is 65.3 cm³/mol. The molecule has 94 valence electrons. The number of carbonyl (C=O) groups is 1. The fourth-order valence-electron chi connectivity index (χ4n) is 1.36. The van der Waals surface area contributed by atoms with E-state index in [4.69, 9.17) is 9.84 Å². The number of nitrogens with one attached hydrogen (secondary N) is 1. The summed E-state index contributed by atoms with van der Waals surface area (Å²) >= 11 is 1.13. The van der Waals surface area contributed by atoms with E-state index in [1.807, 2.05) is 0 Å². The lowest BCUT2D eigenvalue weighted by atomic mass is 10.3. The van der Waals surface area contributed by atoms with Gasteiger partial charge in [0.05, 0.1) is 12.6 Å². The molecule has 0 bridgehead atoms. The summed E-state index contributed by atoms with van der Waals surface area (Å²) in [6, 6.07) is 4.27. The van der Waals surface area contributed by atoms with Gasteiger partial charge in [0.15, 0.2) is 17.3 Å². The average Bonchev–Trinajstić information content (AvgIpc) is 2.77. The minimum Gasteiger partial charge on any atom is -0.494 e. The molecule has 0 saturated carbocycles. The van der Waals surface area contributed by atoms with E-state index in [1.165, 1.54) is 24.8 Å². The summed E-state index contributed by atoms with van der Waals surface area (Å²) in [5, 5.41) is 12.0. The van der Waals surface area contributed by atoms with Crippen LogP contribution in [-0.4, -0.2) is 23.2 Å². The van der Waals surface area contributed by atoms with Crippen molar-refractivity contribution in [2.75, 3.05) is 12.4 Å². The van der Waals surface area contributed by atoms with Crippen LogP contribution in [0.3, 0.4) is 0 Å². The number of aromatic nitrogens is 1. The van der Waals surface area contributed by atoms with Crippen molar-refractivity contribution in [1.82, 2.24) is 4.98 Å². The average molecular weight is 268 g/mol. The summed E-state index contributed by atoms with van der Waals surface area (Å²) in [7, 11) is 1.37. The van der Waals surface area contributed by atoms with E-state index in [2.05, 4.69) is 10.3 Å². The standard InChI is InChI=1S/C11H9FN2O3S/c1-17-8-3-2-6(4-7(8)12)14-10-9(11(15)16)13-5-18-10/h2-5,14H,1H3,(H,15,16). The molecule has 1 aromatic heterocycles. The van der Waals surface area contributed by atoms with E-state index in [-0.39, 0.29) is 11.4 Å². The Morgan fingerprint density at radius 1 is 1.56 bits per heavy atom. The number of thiazole rings is 1. The van der Waals surface area contributed by atoms with Crippen LogP contribution in [0.4, 0.5) is 15.1 Å². The number of carboxylic acid groups (broad SMARTS) is 1. The van der Waals surface area contributed by atoms with Crippen LogP contribution >= 0.6 is 11.3 Å². The van der Waals surface area contributed by atoms with Crippen LogP contribution in [0.5, 0.6) is 5.75 Å². The first kappa shape index (κ1) is 12.3. The van der Waals surface area contributed by atoms with Crippen LogP contribution in [0.15, 0.2) is 23.7 Å². The molecule has 2 aromatic rings. The second-order valence-corrected chi connectivity index (χ2v) is 4.16. The monoisotopic (exact) mass is 268 g/mol. The van der Waals surface area contributed by atoms with Crippen molar-refractivity contribution >= 4 is 28.0 Å². The van der Waals surface area contributed by atoms with Gasteiger partial charge < -0.3 is 15.2 Å². The summed E-state index contributed by atoms with van der Waals surface area (Å²) in [5.74, 6) is -1.53. The Balaban J connectivity index is 2.26. The van der Waals surface area contributed by atoms with E-state index in [0.717, 1.165) is 11.3 Å². The topological polar surface area (TPSA) is 71.5 Å². The third-order valence-electron chi connectivity index (χ3n) is 2.18. The van der Waals surface area contributed by atoms with Crippen LogP contribution in [0.1, 0.15) is 10.5 Å². The second kappa shape index (κ2) is 5.01. The number of aromatic carboxylic acids is 1. The molecule has 0 aliphatic rings. The van der Waals surface area contributed by atoms with Crippen molar-refractivity contribution in [1.29, 1.82) is 0 Å². The smallest absolute Gasteiger partial charge is 0.357 e. The fourth-order valence-corrected chi connectivity index (χ4v) is 2.05. The number of hydrogen-bond acceptors (Lipinski definition) is 5. The Kier molecular flexibility index (Phi) is 3.42. The molecule has 1 aromatic carbocycles. The Hall–Kier alpha value is -2.15. The lowest BCUT2D eigenvalue weighted by Crippen LogP contribution is -2.01. The highest BCUT2D eigenvalue weighted by Crippen LogP contribution is 2.27. The molecule has 0 unspecified atom stereocenters. The third-order valence-corrected chi connectivity index (χ3v) is 2.92. The molecule has 0 amide bonds. The summed E-state index contributed by atoms with van der Waals surface area (Å²) in [6.45, 7) is 0. The number of carboxylic acids is 1. The number of anilines is 2. The van der Waals surface area contributed by atoms with Crippen molar-refractivity contribution in [2.24, 2.45) is 0 Å².